The first-order valence-electron chi connectivity index (χ1n) is 10.2. The number of benzene rings is 1. The third-order valence-electron chi connectivity index (χ3n) is 5.24. The van der Waals surface area contributed by atoms with Crippen molar-refractivity contribution in [3.63, 3.8) is 0 Å². The Bertz CT molecular complexity index is 1010. The maximum atomic E-state index is 13.7. The number of sulfonamides is 1. The number of ketones is 1. The molecule has 168 valence electrons. The van der Waals surface area contributed by atoms with Gasteiger partial charge in [0, 0.05) is 11.8 Å². The Kier molecular flexibility index (Phi) is 7.99. The van der Waals surface area contributed by atoms with Gasteiger partial charge in [-0.3, -0.25) is 14.1 Å². The molecule has 1 aliphatic rings. The first kappa shape index (κ1) is 23.6. The molecule has 0 bridgehead atoms. The zero-order chi connectivity index (χ0) is 22.4. The number of likely N-dealkylation sites (tertiary alicyclic amines) is 1. The lowest BCUT2D eigenvalue weighted by atomic mass is 10.2. The summed E-state index contributed by atoms with van der Waals surface area (Å²) in [5, 5.41) is -0.161. The second kappa shape index (κ2) is 10.5. The van der Waals surface area contributed by atoms with Crippen LogP contribution < -0.4 is 10.0 Å². The molecular weight excluding hydrogens is 443 g/mol. The van der Waals surface area contributed by atoms with Gasteiger partial charge < -0.3 is 10.6 Å². The van der Waals surface area contributed by atoms with Crippen LogP contribution in [0.3, 0.4) is 0 Å². The molecule has 3 rings (SSSR count). The lowest BCUT2D eigenvalue weighted by Gasteiger charge is -2.25. The topological polar surface area (TPSA) is 96.6 Å². The lowest BCUT2D eigenvalue weighted by molar-refractivity contribution is 0.100. The monoisotopic (exact) mass is 468 g/mol. The molecule has 31 heavy (non-hydrogen) atoms. The summed E-state index contributed by atoms with van der Waals surface area (Å²) in [6.07, 6.45) is 4.15. The molecule has 0 aliphatic carbocycles. The minimum atomic E-state index is -3.73. The number of halogens is 2. The summed E-state index contributed by atoms with van der Waals surface area (Å²) in [6.45, 7) is 2.51. The molecule has 2 N–H and O–H groups in total. The third kappa shape index (κ3) is 6.22. The van der Waals surface area contributed by atoms with E-state index in [1.165, 1.54) is 22.6 Å². The predicted molar refractivity (Wildman–Crippen MR) is 119 cm³/mol. The van der Waals surface area contributed by atoms with E-state index < -0.39 is 15.8 Å². The molecule has 0 amide bonds. The van der Waals surface area contributed by atoms with Crippen molar-refractivity contribution in [3.8, 4) is 0 Å². The first-order chi connectivity index (χ1) is 14.8. The molecule has 1 saturated heterocycles. The van der Waals surface area contributed by atoms with E-state index in [2.05, 4.69) is 9.88 Å². The highest BCUT2D eigenvalue weighted by Crippen LogP contribution is 2.27. The number of carbonyl (C=O) groups excluding carboxylic acids is 1. The van der Waals surface area contributed by atoms with Crippen LogP contribution in [0.2, 0.25) is 5.02 Å². The zero-order valence-electron chi connectivity index (χ0n) is 17.1. The minimum absolute atomic E-state index is 0.0533. The van der Waals surface area contributed by atoms with E-state index in [-0.39, 0.29) is 35.3 Å². The van der Waals surface area contributed by atoms with Gasteiger partial charge in [0.25, 0.3) is 0 Å². The average Bonchev–Trinajstić information content (AvgIpc) is 3.27. The van der Waals surface area contributed by atoms with Crippen LogP contribution in [0.4, 0.5) is 10.1 Å². The van der Waals surface area contributed by atoms with E-state index in [1.807, 2.05) is 0 Å². The Hall–Kier alpha value is -2.07. The largest absolute Gasteiger partial charge is 0.324 e. The molecule has 1 fully saturated rings. The van der Waals surface area contributed by atoms with Gasteiger partial charge in [0.15, 0.2) is 5.78 Å². The number of hydrogen-bond donors (Lipinski definition) is 1. The molecule has 1 aromatic carbocycles. The van der Waals surface area contributed by atoms with Crippen molar-refractivity contribution in [1.82, 2.24) is 9.88 Å². The number of Topliss-reactive ketones (excluding diaryl/α,β-unsaturated/α-hetero) is 1. The summed E-state index contributed by atoms with van der Waals surface area (Å²) >= 11 is 5.90. The first-order valence-corrected chi connectivity index (χ1v) is 12.1. The van der Waals surface area contributed by atoms with Crippen molar-refractivity contribution in [3.05, 3.63) is 58.6 Å². The van der Waals surface area contributed by atoms with E-state index in [9.17, 15) is 17.6 Å². The molecule has 0 unspecified atom stereocenters. The molecular formula is C21H26ClFN4O3S. The smallest absolute Gasteiger partial charge is 0.235 e. The van der Waals surface area contributed by atoms with E-state index >= 15 is 0 Å². The number of anilines is 1. The molecule has 2 heterocycles. The number of rotatable bonds is 10. The van der Waals surface area contributed by atoms with Crippen LogP contribution in [0.15, 0.2) is 36.5 Å². The van der Waals surface area contributed by atoms with Gasteiger partial charge in [-0.25, -0.2) is 12.8 Å². The van der Waals surface area contributed by atoms with Crippen LogP contribution >= 0.6 is 11.6 Å². The standard InChI is InChI=1S/C21H26ClFN4O3S/c22-19-12-18(6-7-20(19)23)27(15-17-5-4-16(14-25-17)21(28)13-24)31(29,30)11-3-10-26-8-1-2-9-26/h4-7,12,14H,1-3,8-11,13,15,24H2. The highest BCUT2D eigenvalue weighted by Gasteiger charge is 2.25. The van der Waals surface area contributed by atoms with Crippen LogP contribution in [0, 0.1) is 5.82 Å². The summed E-state index contributed by atoms with van der Waals surface area (Å²) in [5.41, 5.74) is 6.42. The van der Waals surface area contributed by atoms with Gasteiger partial charge in [0.1, 0.15) is 5.82 Å². The van der Waals surface area contributed by atoms with Gasteiger partial charge in [0.05, 0.1) is 35.2 Å². The fourth-order valence-corrected chi connectivity index (χ4v) is 5.18. The number of pyridine rings is 1. The molecule has 1 aliphatic heterocycles. The number of nitrogens with two attached hydrogens (primary N) is 1. The maximum absolute atomic E-state index is 13.7. The Labute approximate surface area is 187 Å². The average molecular weight is 469 g/mol. The fraction of sp³-hybridized carbons (Fsp3) is 0.429. The van der Waals surface area contributed by atoms with E-state index in [0.717, 1.165) is 32.0 Å². The SMILES string of the molecule is NCC(=O)c1ccc(CN(c2ccc(F)c(Cl)c2)S(=O)(=O)CCCN2CCCC2)nc1. The highest BCUT2D eigenvalue weighted by atomic mass is 35.5. The lowest BCUT2D eigenvalue weighted by Crippen LogP contribution is -2.34. The predicted octanol–water partition coefficient (Wildman–Crippen LogP) is 2.84. The van der Waals surface area contributed by atoms with Crippen LogP contribution in [0.1, 0.15) is 35.3 Å². The number of hydrogen-bond acceptors (Lipinski definition) is 6. The minimum Gasteiger partial charge on any atom is -0.324 e. The van der Waals surface area contributed by atoms with Crippen LogP contribution in [-0.4, -0.2) is 56.0 Å². The Morgan fingerprint density at radius 1 is 1.23 bits per heavy atom. The van der Waals surface area contributed by atoms with Crippen molar-refractivity contribution < 1.29 is 17.6 Å². The van der Waals surface area contributed by atoms with Crippen LogP contribution in [0.25, 0.3) is 0 Å². The van der Waals surface area contributed by atoms with Crippen molar-refractivity contribution in [2.45, 2.75) is 25.8 Å². The van der Waals surface area contributed by atoms with Crippen LogP contribution in [-0.2, 0) is 16.6 Å². The van der Waals surface area contributed by atoms with E-state index in [1.54, 1.807) is 12.1 Å². The van der Waals surface area contributed by atoms with E-state index in [0.29, 0.717) is 24.2 Å². The van der Waals surface area contributed by atoms with Gasteiger partial charge in [0.2, 0.25) is 10.0 Å². The van der Waals surface area contributed by atoms with Crippen molar-refractivity contribution in [1.29, 1.82) is 0 Å². The molecule has 1 aromatic heterocycles. The zero-order valence-corrected chi connectivity index (χ0v) is 18.7. The van der Waals surface area contributed by atoms with Crippen LogP contribution in [0.5, 0.6) is 0 Å². The molecule has 0 atom stereocenters. The summed E-state index contributed by atoms with van der Waals surface area (Å²) in [5.74, 6) is -0.933. The van der Waals surface area contributed by atoms with Gasteiger partial charge in [-0.2, -0.15) is 0 Å². The second-order valence-corrected chi connectivity index (χ2v) is 9.91. The molecule has 0 saturated carbocycles. The summed E-state index contributed by atoms with van der Waals surface area (Å²) < 4.78 is 41.2. The van der Waals surface area contributed by atoms with Gasteiger partial charge >= 0.3 is 0 Å². The van der Waals surface area contributed by atoms with Crippen molar-refractivity contribution >= 4 is 33.1 Å². The third-order valence-corrected chi connectivity index (χ3v) is 7.35. The molecule has 7 nitrogen and oxygen atoms in total. The van der Waals surface area contributed by atoms with Gasteiger partial charge in [-0.05, 0) is 69.2 Å². The summed E-state index contributed by atoms with van der Waals surface area (Å²) in [6, 6.07) is 6.96. The Morgan fingerprint density at radius 3 is 2.58 bits per heavy atom. The molecule has 0 spiro atoms. The van der Waals surface area contributed by atoms with Crippen molar-refractivity contribution in [2.75, 3.05) is 36.2 Å². The quantitative estimate of drug-likeness (QED) is 0.538. The summed E-state index contributed by atoms with van der Waals surface area (Å²) in [4.78, 5) is 18.2. The highest BCUT2D eigenvalue weighted by molar-refractivity contribution is 7.92. The Morgan fingerprint density at radius 2 is 1.97 bits per heavy atom. The normalized spacial score (nSPS) is 14.7. The molecule has 2 aromatic rings. The summed E-state index contributed by atoms with van der Waals surface area (Å²) in [7, 11) is -3.73. The Balaban J connectivity index is 1.81. The molecule has 0 radical (unpaired) electrons. The maximum Gasteiger partial charge on any atom is 0.235 e. The number of nitrogens with zero attached hydrogens (tertiary/aromatic N) is 3. The van der Waals surface area contributed by atoms with Crippen molar-refractivity contribution in [2.24, 2.45) is 5.73 Å². The van der Waals surface area contributed by atoms with Gasteiger partial charge in [-0.1, -0.05) is 11.6 Å². The molecule has 10 heteroatoms. The van der Waals surface area contributed by atoms with Gasteiger partial charge in [-0.15, -0.1) is 0 Å². The number of carbonyl (C=O) groups is 1. The van der Waals surface area contributed by atoms with E-state index in [4.69, 9.17) is 17.3 Å². The number of aromatic nitrogens is 1. The fourth-order valence-electron chi connectivity index (χ4n) is 3.53. The second-order valence-electron chi connectivity index (χ2n) is 7.49.